The number of carbonyl (C=O) groups is 1. The maximum Gasteiger partial charge on any atom is 0.224 e. The number of carbonyl (C=O) groups excluding carboxylic acids is 1. The van der Waals surface area contributed by atoms with Crippen LogP contribution in [-0.4, -0.2) is 5.91 Å². The van der Waals surface area contributed by atoms with Crippen LogP contribution in [0.25, 0.3) is 0 Å². The van der Waals surface area contributed by atoms with Gasteiger partial charge in [0.15, 0.2) is 0 Å². The molecule has 1 saturated carbocycles. The van der Waals surface area contributed by atoms with Crippen LogP contribution in [0.5, 0.6) is 0 Å². The highest BCUT2D eigenvalue weighted by Crippen LogP contribution is 2.37. The number of rotatable bonds is 6. The summed E-state index contributed by atoms with van der Waals surface area (Å²) in [4.78, 5) is 22.7. The van der Waals surface area contributed by atoms with Gasteiger partial charge in [0, 0.05) is 17.1 Å². The van der Waals surface area contributed by atoms with E-state index < -0.39 is 0 Å². The molecule has 2 aromatic carbocycles. The average Bonchev–Trinajstić information content (AvgIpc) is 2.65. The highest BCUT2D eigenvalue weighted by atomic mass is 35.5. The van der Waals surface area contributed by atoms with Gasteiger partial charge in [-0.2, -0.15) is 4.91 Å². The van der Waals surface area contributed by atoms with Crippen molar-refractivity contribution in [2.75, 3.05) is 5.32 Å². The Morgan fingerprint density at radius 2 is 1.81 bits per heavy atom. The Morgan fingerprint density at radius 3 is 2.50 bits per heavy atom. The van der Waals surface area contributed by atoms with E-state index in [1.165, 1.54) is 5.56 Å². The summed E-state index contributed by atoms with van der Waals surface area (Å²) < 4.78 is 0. The first-order valence-electron chi connectivity index (χ1n) is 9.07. The SMILES string of the molecule is O=NCc1cccc([C@H]2CC[C@H](CC(=O)Nc3ccc(Cl)cc3)CC2)c1. The fraction of sp³-hybridized carbons (Fsp3) is 0.381. The van der Waals surface area contributed by atoms with Gasteiger partial charge in [0.2, 0.25) is 5.91 Å². The fourth-order valence-electron chi connectivity index (χ4n) is 3.73. The van der Waals surface area contributed by atoms with Crippen molar-refractivity contribution in [1.82, 2.24) is 0 Å². The van der Waals surface area contributed by atoms with E-state index in [9.17, 15) is 9.70 Å². The molecule has 136 valence electrons. The molecule has 0 saturated heterocycles. The minimum absolute atomic E-state index is 0.0647. The second kappa shape index (κ2) is 8.95. The largest absolute Gasteiger partial charge is 0.326 e. The first kappa shape index (κ1) is 18.6. The van der Waals surface area contributed by atoms with Gasteiger partial charge in [-0.15, -0.1) is 0 Å². The monoisotopic (exact) mass is 370 g/mol. The Hall–Kier alpha value is -2.20. The van der Waals surface area contributed by atoms with Crippen molar-refractivity contribution < 1.29 is 4.79 Å². The molecule has 2 aromatic rings. The van der Waals surface area contributed by atoms with Gasteiger partial charge in [-0.05, 0) is 72.9 Å². The second-order valence-electron chi connectivity index (χ2n) is 7.01. The van der Waals surface area contributed by atoms with Crippen molar-refractivity contribution in [3.8, 4) is 0 Å². The number of benzene rings is 2. The van der Waals surface area contributed by atoms with E-state index in [1.807, 2.05) is 24.3 Å². The van der Waals surface area contributed by atoms with Crippen LogP contribution in [0.15, 0.2) is 53.7 Å². The van der Waals surface area contributed by atoms with E-state index in [1.54, 1.807) is 12.1 Å². The highest BCUT2D eigenvalue weighted by Gasteiger charge is 2.24. The summed E-state index contributed by atoms with van der Waals surface area (Å²) in [5.74, 6) is 1.00. The lowest BCUT2D eigenvalue weighted by Crippen LogP contribution is -2.20. The van der Waals surface area contributed by atoms with Crippen molar-refractivity contribution in [2.24, 2.45) is 11.1 Å². The van der Waals surface area contributed by atoms with Crippen LogP contribution in [0.4, 0.5) is 5.69 Å². The van der Waals surface area contributed by atoms with Gasteiger partial charge in [-0.25, -0.2) is 0 Å². The number of anilines is 1. The molecule has 1 fully saturated rings. The van der Waals surface area contributed by atoms with Crippen molar-refractivity contribution in [1.29, 1.82) is 0 Å². The molecule has 1 amide bonds. The predicted octanol–water partition coefficient (Wildman–Crippen LogP) is 5.91. The Morgan fingerprint density at radius 1 is 1.08 bits per heavy atom. The van der Waals surface area contributed by atoms with E-state index in [2.05, 4.69) is 22.6 Å². The van der Waals surface area contributed by atoms with E-state index in [0.717, 1.165) is 36.9 Å². The Labute approximate surface area is 158 Å². The van der Waals surface area contributed by atoms with Crippen LogP contribution >= 0.6 is 11.6 Å². The van der Waals surface area contributed by atoms with Gasteiger partial charge >= 0.3 is 0 Å². The topological polar surface area (TPSA) is 58.5 Å². The summed E-state index contributed by atoms with van der Waals surface area (Å²) >= 11 is 5.86. The third-order valence-corrected chi connectivity index (χ3v) is 5.37. The number of halogens is 1. The number of nitrogens with one attached hydrogen (secondary N) is 1. The lowest BCUT2D eigenvalue weighted by Gasteiger charge is -2.28. The summed E-state index contributed by atoms with van der Waals surface area (Å²) in [6, 6.07) is 15.4. The number of amides is 1. The zero-order valence-corrected chi connectivity index (χ0v) is 15.4. The number of nitrogens with zero attached hydrogens (tertiary/aromatic N) is 1. The summed E-state index contributed by atoms with van der Waals surface area (Å²) in [7, 11) is 0. The van der Waals surface area contributed by atoms with Gasteiger partial charge in [0.1, 0.15) is 6.54 Å². The molecule has 0 bridgehead atoms. The van der Waals surface area contributed by atoms with Gasteiger partial charge in [0.25, 0.3) is 0 Å². The molecule has 5 heteroatoms. The van der Waals surface area contributed by atoms with Crippen molar-refractivity contribution >= 4 is 23.2 Å². The maximum atomic E-state index is 12.2. The van der Waals surface area contributed by atoms with Gasteiger partial charge in [-0.3, -0.25) is 4.79 Å². The fourth-order valence-corrected chi connectivity index (χ4v) is 3.85. The third kappa shape index (κ3) is 5.15. The van der Waals surface area contributed by atoms with E-state index >= 15 is 0 Å². The normalized spacial score (nSPS) is 19.7. The van der Waals surface area contributed by atoms with E-state index in [-0.39, 0.29) is 12.5 Å². The standard InChI is InChI=1S/C21H23ClN2O2/c22-19-8-10-20(11-9-19)24-21(25)13-15-4-6-17(7-5-15)18-3-1-2-16(12-18)14-23-26/h1-3,8-12,15,17H,4-7,13-14H2,(H,24,25)/t15-,17-. The smallest absolute Gasteiger partial charge is 0.224 e. The Balaban J connectivity index is 1.49. The average molecular weight is 371 g/mol. The molecule has 1 aliphatic carbocycles. The van der Waals surface area contributed by atoms with Crippen LogP contribution in [0, 0.1) is 10.8 Å². The summed E-state index contributed by atoms with van der Waals surface area (Å²) in [5.41, 5.74) is 3.05. The number of hydrogen-bond acceptors (Lipinski definition) is 3. The molecular formula is C21H23ClN2O2. The maximum absolute atomic E-state index is 12.2. The molecule has 0 spiro atoms. The molecule has 3 rings (SSSR count). The Kier molecular flexibility index (Phi) is 6.40. The lowest BCUT2D eigenvalue weighted by atomic mass is 9.77. The Bertz CT molecular complexity index is 753. The first-order chi connectivity index (χ1) is 12.6. The second-order valence-corrected chi connectivity index (χ2v) is 7.45. The van der Waals surface area contributed by atoms with Crippen LogP contribution in [0.3, 0.4) is 0 Å². The third-order valence-electron chi connectivity index (χ3n) is 5.12. The summed E-state index contributed by atoms with van der Waals surface area (Å²) in [5, 5.41) is 6.58. The van der Waals surface area contributed by atoms with E-state index in [4.69, 9.17) is 11.6 Å². The van der Waals surface area contributed by atoms with Crippen molar-refractivity contribution in [3.63, 3.8) is 0 Å². The number of nitroso groups, excluding NO2 is 1. The first-order valence-corrected chi connectivity index (χ1v) is 9.45. The molecule has 26 heavy (non-hydrogen) atoms. The number of hydrogen-bond donors (Lipinski definition) is 1. The van der Waals surface area contributed by atoms with Crippen LogP contribution in [0.1, 0.15) is 49.1 Å². The lowest BCUT2D eigenvalue weighted by molar-refractivity contribution is -0.117. The molecule has 1 aliphatic rings. The van der Waals surface area contributed by atoms with Crippen LogP contribution in [-0.2, 0) is 11.3 Å². The van der Waals surface area contributed by atoms with Gasteiger partial charge < -0.3 is 5.32 Å². The van der Waals surface area contributed by atoms with E-state index in [0.29, 0.717) is 23.3 Å². The van der Waals surface area contributed by atoms with Crippen LogP contribution < -0.4 is 5.32 Å². The summed E-state index contributed by atoms with van der Waals surface area (Å²) in [6.07, 6.45) is 4.82. The molecular weight excluding hydrogens is 348 g/mol. The molecule has 1 N–H and O–H groups in total. The molecule has 0 heterocycles. The highest BCUT2D eigenvalue weighted by molar-refractivity contribution is 6.30. The minimum atomic E-state index is 0.0647. The van der Waals surface area contributed by atoms with Crippen molar-refractivity contribution in [3.05, 3.63) is 69.6 Å². The molecule has 0 radical (unpaired) electrons. The predicted molar refractivity (Wildman–Crippen MR) is 105 cm³/mol. The van der Waals surface area contributed by atoms with Crippen molar-refractivity contribution in [2.45, 2.75) is 44.6 Å². The molecule has 0 unspecified atom stereocenters. The zero-order chi connectivity index (χ0) is 18.4. The van der Waals surface area contributed by atoms with Gasteiger partial charge in [0.05, 0.1) is 0 Å². The molecule has 0 aliphatic heterocycles. The summed E-state index contributed by atoms with van der Waals surface area (Å²) in [6.45, 7) is 0.230. The molecule has 0 aromatic heterocycles. The zero-order valence-electron chi connectivity index (χ0n) is 14.7. The molecule has 0 atom stereocenters. The van der Waals surface area contributed by atoms with Gasteiger partial charge in [-0.1, -0.05) is 41.0 Å². The quantitative estimate of drug-likeness (QED) is 0.642. The van der Waals surface area contributed by atoms with Crippen LogP contribution in [0.2, 0.25) is 5.02 Å². The molecule has 4 nitrogen and oxygen atoms in total. The minimum Gasteiger partial charge on any atom is -0.326 e.